The molecule has 0 radical (unpaired) electrons. The van der Waals surface area contributed by atoms with E-state index in [1.165, 1.54) is 5.56 Å². The van der Waals surface area contributed by atoms with Crippen LogP contribution in [0.2, 0.25) is 0 Å². The minimum atomic E-state index is -0.122. The van der Waals surface area contributed by atoms with Crippen molar-refractivity contribution in [2.75, 3.05) is 19.6 Å². The van der Waals surface area contributed by atoms with Crippen LogP contribution in [0, 0.1) is 5.92 Å². The molecule has 1 heterocycles. The SMILES string of the molecule is CC(C)CNC(=O)C(C)N1C[C@@H](N)[C@H](c2ccccc2)C1. The molecule has 4 heteroatoms. The first-order valence-electron chi connectivity index (χ1n) is 7.81. The number of hydrogen-bond donors (Lipinski definition) is 2. The van der Waals surface area contributed by atoms with Crippen LogP contribution in [0.3, 0.4) is 0 Å². The van der Waals surface area contributed by atoms with E-state index in [0.717, 1.165) is 19.6 Å². The number of nitrogens with two attached hydrogens (primary N) is 1. The number of likely N-dealkylation sites (tertiary alicyclic amines) is 1. The average molecular weight is 289 g/mol. The van der Waals surface area contributed by atoms with Crippen LogP contribution in [0.4, 0.5) is 0 Å². The van der Waals surface area contributed by atoms with E-state index in [4.69, 9.17) is 5.73 Å². The van der Waals surface area contributed by atoms with E-state index in [1.54, 1.807) is 0 Å². The van der Waals surface area contributed by atoms with Gasteiger partial charge in [0.15, 0.2) is 0 Å². The van der Waals surface area contributed by atoms with Gasteiger partial charge in [0.05, 0.1) is 6.04 Å². The highest BCUT2D eigenvalue weighted by atomic mass is 16.2. The third kappa shape index (κ3) is 4.05. The molecule has 21 heavy (non-hydrogen) atoms. The van der Waals surface area contributed by atoms with Crippen LogP contribution in [0.1, 0.15) is 32.3 Å². The molecule has 1 aromatic carbocycles. The Balaban J connectivity index is 1.95. The maximum atomic E-state index is 12.2. The van der Waals surface area contributed by atoms with E-state index in [1.807, 2.05) is 25.1 Å². The number of carbonyl (C=O) groups is 1. The van der Waals surface area contributed by atoms with Gasteiger partial charge in [0.25, 0.3) is 0 Å². The lowest BCUT2D eigenvalue weighted by molar-refractivity contribution is -0.125. The van der Waals surface area contributed by atoms with Gasteiger partial charge in [0.2, 0.25) is 5.91 Å². The highest BCUT2D eigenvalue weighted by molar-refractivity contribution is 5.81. The van der Waals surface area contributed by atoms with Gasteiger partial charge >= 0.3 is 0 Å². The quantitative estimate of drug-likeness (QED) is 0.865. The number of amides is 1. The number of rotatable bonds is 5. The number of hydrogen-bond acceptors (Lipinski definition) is 3. The molecule has 1 amide bonds. The zero-order valence-corrected chi connectivity index (χ0v) is 13.3. The van der Waals surface area contributed by atoms with Gasteiger partial charge in [-0.1, -0.05) is 44.2 Å². The summed E-state index contributed by atoms with van der Waals surface area (Å²) in [6.07, 6.45) is 0. The lowest BCUT2D eigenvalue weighted by Crippen LogP contribution is -2.45. The van der Waals surface area contributed by atoms with Crippen molar-refractivity contribution in [1.29, 1.82) is 0 Å². The van der Waals surface area contributed by atoms with Gasteiger partial charge in [0, 0.05) is 31.6 Å². The summed E-state index contributed by atoms with van der Waals surface area (Å²) >= 11 is 0. The summed E-state index contributed by atoms with van der Waals surface area (Å²) in [6.45, 7) is 8.52. The summed E-state index contributed by atoms with van der Waals surface area (Å²) in [5.41, 5.74) is 7.55. The smallest absolute Gasteiger partial charge is 0.237 e. The Morgan fingerprint density at radius 2 is 1.95 bits per heavy atom. The molecule has 0 aliphatic carbocycles. The summed E-state index contributed by atoms with van der Waals surface area (Å²) in [4.78, 5) is 14.4. The topological polar surface area (TPSA) is 58.4 Å². The van der Waals surface area contributed by atoms with Crippen LogP contribution in [0.15, 0.2) is 30.3 Å². The van der Waals surface area contributed by atoms with Crippen LogP contribution in [0.25, 0.3) is 0 Å². The molecule has 1 unspecified atom stereocenters. The standard InChI is InChI=1S/C17H27N3O/c1-12(2)9-19-17(21)13(3)20-10-15(16(18)11-20)14-7-5-4-6-8-14/h4-8,12-13,15-16H,9-11,18H2,1-3H3,(H,19,21)/t13?,15-,16+/m0/s1. The van der Waals surface area contributed by atoms with Crippen molar-refractivity contribution in [2.45, 2.75) is 38.8 Å². The fourth-order valence-corrected chi connectivity index (χ4v) is 2.85. The lowest BCUT2D eigenvalue weighted by atomic mass is 9.95. The molecule has 0 bridgehead atoms. The molecule has 3 atom stereocenters. The van der Waals surface area contributed by atoms with Crippen LogP contribution in [-0.4, -0.2) is 42.5 Å². The predicted molar refractivity (Wildman–Crippen MR) is 86.0 cm³/mol. The van der Waals surface area contributed by atoms with Crippen molar-refractivity contribution in [1.82, 2.24) is 10.2 Å². The van der Waals surface area contributed by atoms with Crippen LogP contribution < -0.4 is 11.1 Å². The van der Waals surface area contributed by atoms with E-state index in [9.17, 15) is 4.79 Å². The Morgan fingerprint density at radius 1 is 1.29 bits per heavy atom. The molecule has 0 saturated carbocycles. The van der Waals surface area contributed by atoms with Gasteiger partial charge in [-0.05, 0) is 18.4 Å². The molecule has 0 spiro atoms. The molecule has 0 aromatic heterocycles. The fourth-order valence-electron chi connectivity index (χ4n) is 2.85. The fraction of sp³-hybridized carbons (Fsp3) is 0.588. The largest absolute Gasteiger partial charge is 0.354 e. The first-order chi connectivity index (χ1) is 9.99. The van der Waals surface area contributed by atoms with Crippen molar-refractivity contribution in [3.8, 4) is 0 Å². The van der Waals surface area contributed by atoms with E-state index < -0.39 is 0 Å². The van der Waals surface area contributed by atoms with Crippen LogP contribution in [-0.2, 0) is 4.79 Å². The highest BCUT2D eigenvalue weighted by Crippen LogP contribution is 2.27. The molecular formula is C17H27N3O. The second kappa shape index (κ2) is 7.05. The maximum absolute atomic E-state index is 12.2. The molecule has 4 nitrogen and oxygen atoms in total. The van der Waals surface area contributed by atoms with E-state index in [0.29, 0.717) is 11.8 Å². The molecule has 3 N–H and O–H groups in total. The second-order valence-corrected chi connectivity index (χ2v) is 6.45. The minimum absolute atomic E-state index is 0.0905. The van der Waals surface area contributed by atoms with Crippen molar-refractivity contribution in [3.05, 3.63) is 35.9 Å². The van der Waals surface area contributed by atoms with Crippen molar-refractivity contribution >= 4 is 5.91 Å². The minimum Gasteiger partial charge on any atom is -0.354 e. The third-order valence-corrected chi connectivity index (χ3v) is 4.23. The van der Waals surface area contributed by atoms with Crippen LogP contribution >= 0.6 is 0 Å². The normalized spacial score (nSPS) is 24.2. The second-order valence-electron chi connectivity index (χ2n) is 6.45. The Labute approximate surface area is 127 Å². The summed E-state index contributed by atoms with van der Waals surface area (Å²) in [5, 5.41) is 3.01. The van der Waals surface area contributed by atoms with Gasteiger partial charge in [-0.25, -0.2) is 0 Å². The summed E-state index contributed by atoms with van der Waals surface area (Å²) in [7, 11) is 0. The average Bonchev–Trinajstić information content (AvgIpc) is 2.86. The number of nitrogens with zero attached hydrogens (tertiary/aromatic N) is 1. The zero-order valence-electron chi connectivity index (χ0n) is 13.3. The molecule has 1 saturated heterocycles. The maximum Gasteiger partial charge on any atom is 0.237 e. The van der Waals surface area contributed by atoms with Crippen LogP contribution in [0.5, 0.6) is 0 Å². The Morgan fingerprint density at radius 3 is 2.57 bits per heavy atom. The van der Waals surface area contributed by atoms with Gasteiger partial charge in [-0.2, -0.15) is 0 Å². The summed E-state index contributed by atoms with van der Waals surface area (Å²) in [5.74, 6) is 0.884. The molecular weight excluding hydrogens is 262 g/mol. The molecule has 116 valence electrons. The molecule has 1 aliphatic rings. The number of carbonyl (C=O) groups excluding carboxylic acids is 1. The van der Waals surface area contributed by atoms with Crippen molar-refractivity contribution in [3.63, 3.8) is 0 Å². The summed E-state index contributed by atoms with van der Waals surface area (Å²) < 4.78 is 0. The van der Waals surface area contributed by atoms with Crippen molar-refractivity contribution < 1.29 is 4.79 Å². The van der Waals surface area contributed by atoms with Gasteiger partial charge in [-0.15, -0.1) is 0 Å². The third-order valence-electron chi connectivity index (χ3n) is 4.23. The van der Waals surface area contributed by atoms with E-state index >= 15 is 0 Å². The molecule has 1 aliphatic heterocycles. The first-order valence-corrected chi connectivity index (χ1v) is 7.81. The monoisotopic (exact) mass is 289 g/mol. The Hall–Kier alpha value is -1.39. The van der Waals surface area contributed by atoms with Gasteiger partial charge in [0.1, 0.15) is 0 Å². The Bertz CT molecular complexity index is 460. The van der Waals surface area contributed by atoms with Crippen molar-refractivity contribution in [2.24, 2.45) is 11.7 Å². The highest BCUT2D eigenvalue weighted by Gasteiger charge is 2.35. The summed E-state index contributed by atoms with van der Waals surface area (Å²) in [6, 6.07) is 10.3. The van der Waals surface area contributed by atoms with E-state index in [-0.39, 0.29) is 18.0 Å². The lowest BCUT2D eigenvalue weighted by Gasteiger charge is -2.23. The number of benzene rings is 1. The first kappa shape index (κ1) is 16.0. The molecule has 2 rings (SSSR count). The molecule has 1 fully saturated rings. The predicted octanol–water partition coefficient (Wildman–Crippen LogP) is 1.57. The van der Waals surface area contributed by atoms with E-state index in [2.05, 4.69) is 36.2 Å². The van der Waals surface area contributed by atoms with Gasteiger partial charge in [-0.3, -0.25) is 9.69 Å². The van der Waals surface area contributed by atoms with Gasteiger partial charge < -0.3 is 11.1 Å². The molecule has 1 aromatic rings. The Kier molecular flexibility index (Phi) is 5.37. The number of nitrogens with one attached hydrogen (secondary N) is 1. The zero-order chi connectivity index (χ0) is 15.4.